The lowest BCUT2D eigenvalue weighted by molar-refractivity contribution is 0.303. The van der Waals surface area contributed by atoms with Crippen molar-refractivity contribution in [2.45, 2.75) is 141 Å². The molecule has 2 aliphatic carbocycles. The van der Waals surface area contributed by atoms with E-state index in [4.69, 9.17) is 4.74 Å². The molecule has 2 aliphatic rings. The van der Waals surface area contributed by atoms with Gasteiger partial charge < -0.3 is 4.74 Å². The zero-order chi connectivity index (χ0) is 35.4. The summed E-state index contributed by atoms with van der Waals surface area (Å²) in [6.45, 7) is 4.56. The molecular formula is C48H60F2O. The minimum absolute atomic E-state index is 0.283. The first kappa shape index (κ1) is 37.3. The molecule has 4 aromatic carbocycles. The molecule has 51 heavy (non-hydrogen) atoms. The van der Waals surface area contributed by atoms with Crippen LogP contribution in [0.5, 0.6) is 11.5 Å². The number of halogens is 2. The summed E-state index contributed by atoms with van der Waals surface area (Å²) in [5.41, 5.74) is 6.69. The first-order valence-electron chi connectivity index (χ1n) is 20.4. The largest absolute Gasteiger partial charge is 0.457 e. The molecule has 1 nitrogen and oxygen atoms in total. The third-order valence-electron chi connectivity index (χ3n) is 12.1. The first-order valence-corrected chi connectivity index (χ1v) is 20.4. The number of hydrogen-bond acceptors (Lipinski definition) is 1. The van der Waals surface area contributed by atoms with Gasteiger partial charge in [-0.3, -0.25) is 0 Å². The molecule has 3 heteroatoms. The van der Waals surface area contributed by atoms with Crippen LogP contribution in [0.3, 0.4) is 0 Å². The molecule has 0 saturated heterocycles. The Labute approximate surface area is 307 Å². The van der Waals surface area contributed by atoms with E-state index in [1.807, 2.05) is 0 Å². The fourth-order valence-electron chi connectivity index (χ4n) is 8.88. The second-order valence-corrected chi connectivity index (χ2v) is 15.9. The Morgan fingerprint density at radius 3 is 1.25 bits per heavy atom. The molecule has 0 bridgehead atoms. The van der Waals surface area contributed by atoms with Gasteiger partial charge in [-0.05, 0) is 134 Å². The summed E-state index contributed by atoms with van der Waals surface area (Å²) in [5, 5.41) is 0. The summed E-state index contributed by atoms with van der Waals surface area (Å²) < 4.78 is 35.7. The van der Waals surface area contributed by atoms with Crippen LogP contribution in [-0.2, 0) is 12.8 Å². The maximum absolute atomic E-state index is 14.6. The van der Waals surface area contributed by atoms with Crippen molar-refractivity contribution in [3.63, 3.8) is 0 Å². The molecule has 2 fully saturated rings. The third-order valence-corrected chi connectivity index (χ3v) is 12.1. The van der Waals surface area contributed by atoms with Crippen molar-refractivity contribution in [1.82, 2.24) is 0 Å². The number of unbranched alkanes of at least 4 members (excludes halogenated alkanes) is 4. The SMILES string of the molecule is CCCCCC1CCC(c2ccc(Cc3cc(F)ccc3Oc3ccc(F)cc3Cc3ccc(C4CCC(CCCCC)CC4)cc3)cc2)CC1. The van der Waals surface area contributed by atoms with Crippen molar-refractivity contribution in [1.29, 1.82) is 0 Å². The average Bonchev–Trinajstić information content (AvgIpc) is 3.15. The van der Waals surface area contributed by atoms with Crippen LogP contribution in [0, 0.1) is 23.5 Å². The summed E-state index contributed by atoms with van der Waals surface area (Å²) in [6, 6.07) is 27.4. The number of rotatable bonds is 16. The molecule has 272 valence electrons. The Hall–Kier alpha value is -3.46. The molecule has 0 N–H and O–H groups in total. The smallest absolute Gasteiger partial charge is 0.131 e. The molecule has 0 amide bonds. The van der Waals surface area contributed by atoms with Crippen LogP contribution in [0.15, 0.2) is 84.9 Å². The van der Waals surface area contributed by atoms with E-state index >= 15 is 0 Å². The van der Waals surface area contributed by atoms with E-state index in [1.54, 1.807) is 24.3 Å². The van der Waals surface area contributed by atoms with Gasteiger partial charge in [0, 0.05) is 24.0 Å². The van der Waals surface area contributed by atoms with Crippen LogP contribution in [0.4, 0.5) is 8.78 Å². The van der Waals surface area contributed by atoms with Crippen molar-refractivity contribution >= 4 is 0 Å². The fraction of sp³-hybridized carbons (Fsp3) is 0.500. The number of ether oxygens (including phenoxy) is 1. The third kappa shape index (κ3) is 10.8. The van der Waals surface area contributed by atoms with E-state index in [9.17, 15) is 8.78 Å². The molecule has 0 radical (unpaired) electrons. The number of benzene rings is 4. The number of hydrogen-bond donors (Lipinski definition) is 0. The Bertz CT molecular complexity index is 1500. The van der Waals surface area contributed by atoms with Crippen LogP contribution in [0.2, 0.25) is 0 Å². The van der Waals surface area contributed by atoms with E-state index < -0.39 is 0 Å². The fourth-order valence-corrected chi connectivity index (χ4v) is 8.88. The monoisotopic (exact) mass is 690 g/mol. The minimum atomic E-state index is -0.283. The highest BCUT2D eigenvalue weighted by Gasteiger charge is 2.23. The van der Waals surface area contributed by atoms with Gasteiger partial charge in [0.15, 0.2) is 0 Å². The van der Waals surface area contributed by atoms with Crippen molar-refractivity contribution < 1.29 is 13.5 Å². The minimum Gasteiger partial charge on any atom is -0.457 e. The van der Waals surface area contributed by atoms with Crippen LogP contribution in [0.25, 0.3) is 0 Å². The van der Waals surface area contributed by atoms with Gasteiger partial charge in [0.25, 0.3) is 0 Å². The highest BCUT2D eigenvalue weighted by atomic mass is 19.1. The molecule has 0 aromatic heterocycles. The van der Waals surface area contributed by atoms with E-state index in [0.717, 1.165) is 34.1 Å². The van der Waals surface area contributed by atoms with Crippen LogP contribution in [-0.4, -0.2) is 0 Å². The Morgan fingerprint density at radius 1 is 0.490 bits per heavy atom. The molecule has 0 unspecified atom stereocenters. The first-order chi connectivity index (χ1) is 25.0. The highest BCUT2D eigenvalue weighted by molar-refractivity contribution is 5.45. The second kappa shape index (κ2) is 18.9. The van der Waals surface area contributed by atoms with E-state index in [2.05, 4.69) is 62.4 Å². The standard InChI is InChI=1S/C48H60F2O/c1-3-5-7-9-35-11-19-39(20-12-35)41-23-15-37(16-24-41)31-43-33-45(49)27-29-47(43)51-48-30-28-46(50)34-44(48)32-38-17-25-42(26-18-38)40-21-13-36(14-22-40)10-8-6-4-2/h15-18,23-30,33-36,39-40H,3-14,19-22,31-32H2,1-2H3. The van der Waals surface area contributed by atoms with Gasteiger partial charge in [-0.2, -0.15) is 0 Å². The van der Waals surface area contributed by atoms with Gasteiger partial charge in [-0.15, -0.1) is 0 Å². The lowest BCUT2D eigenvalue weighted by atomic mass is 9.77. The van der Waals surface area contributed by atoms with Crippen molar-refractivity contribution in [3.8, 4) is 11.5 Å². The van der Waals surface area contributed by atoms with Gasteiger partial charge in [0.2, 0.25) is 0 Å². The quantitative estimate of drug-likeness (QED) is 0.106. The average molecular weight is 691 g/mol. The lowest BCUT2D eigenvalue weighted by Gasteiger charge is -2.29. The maximum atomic E-state index is 14.6. The van der Waals surface area contributed by atoms with Gasteiger partial charge in [-0.25, -0.2) is 8.78 Å². The molecule has 0 spiro atoms. The highest BCUT2D eigenvalue weighted by Crippen LogP contribution is 2.40. The molecule has 6 rings (SSSR count). The summed E-state index contributed by atoms with van der Waals surface area (Å²) in [5.74, 6) is 3.74. The lowest BCUT2D eigenvalue weighted by Crippen LogP contribution is -2.13. The maximum Gasteiger partial charge on any atom is 0.131 e. The summed E-state index contributed by atoms with van der Waals surface area (Å²) >= 11 is 0. The van der Waals surface area contributed by atoms with E-state index in [1.165, 1.54) is 126 Å². The van der Waals surface area contributed by atoms with Crippen molar-refractivity contribution in [3.05, 3.63) is 130 Å². The zero-order valence-corrected chi connectivity index (χ0v) is 31.3. The van der Waals surface area contributed by atoms with Gasteiger partial charge in [0.05, 0.1) is 0 Å². The zero-order valence-electron chi connectivity index (χ0n) is 31.3. The summed E-state index contributed by atoms with van der Waals surface area (Å²) in [4.78, 5) is 0. The molecule has 4 aromatic rings. The normalized spacial score (nSPS) is 20.7. The second-order valence-electron chi connectivity index (χ2n) is 15.9. The summed E-state index contributed by atoms with van der Waals surface area (Å²) in [7, 11) is 0. The predicted molar refractivity (Wildman–Crippen MR) is 209 cm³/mol. The molecule has 0 atom stereocenters. The predicted octanol–water partition coefficient (Wildman–Crippen LogP) is 14.6. The Balaban J connectivity index is 1.08. The molecular weight excluding hydrogens is 631 g/mol. The summed E-state index contributed by atoms with van der Waals surface area (Å²) in [6.07, 6.45) is 22.5. The van der Waals surface area contributed by atoms with Crippen molar-refractivity contribution in [2.75, 3.05) is 0 Å². The van der Waals surface area contributed by atoms with E-state index in [-0.39, 0.29) is 11.6 Å². The molecule has 0 aliphatic heterocycles. The Morgan fingerprint density at radius 2 is 0.882 bits per heavy atom. The van der Waals surface area contributed by atoms with Gasteiger partial charge in [0.1, 0.15) is 23.1 Å². The van der Waals surface area contributed by atoms with Crippen molar-refractivity contribution in [2.24, 2.45) is 11.8 Å². The van der Waals surface area contributed by atoms with Crippen LogP contribution in [0.1, 0.15) is 162 Å². The molecule has 2 saturated carbocycles. The van der Waals surface area contributed by atoms with Crippen LogP contribution < -0.4 is 4.74 Å². The molecule has 0 heterocycles. The van der Waals surface area contributed by atoms with Gasteiger partial charge in [-0.1, -0.05) is 114 Å². The van der Waals surface area contributed by atoms with Gasteiger partial charge >= 0.3 is 0 Å². The van der Waals surface area contributed by atoms with E-state index in [0.29, 0.717) is 36.2 Å². The Kier molecular flexibility index (Phi) is 13.8. The van der Waals surface area contributed by atoms with Crippen LogP contribution >= 0.6 is 0 Å². The topological polar surface area (TPSA) is 9.23 Å².